The van der Waals surface area contributed by atoms with E-state index in [2.05, 4.69) is 20.8 Å². The second kappa shape index (κ2) is 8.20. The molecule has 2 aromatic rings. The fourth-order valence-electron chi connectivity index (χ4n) is 2.89. The minimum Gasteiger partial charge on any atom is -0.349 e. The first-order valence-electron chi connectivity index (χ1n) is 8.70. The van der Waals surface area contributed by atoms with Gasteiger partial charge in [-0.2, -0.15) is 0 Å². The maximum Gasteiger partial charge on any atom is 0.286 e. The van der Waals surface area contributed by atoms with Crippen LogP contribution in [0.3, 0.4) is 0 Å². The van der Waals surface area contributed by atoms with Gasteiger partial charge < -0.3 is 10.6 Å². The smallest absolute Gasteiger partial charge is 0.286 e. The zero-order chi connectivity index (χ0) is 17.6. The molecular weight excluding hydrogens is 336 g/mol. The molecule has 1 fully saturated rings. The van der Waals surface area contributed by atoms with E-state index in [1.165, 1.54) is 30.6 Å². The molecule has 3 rings (SSSR count). The zero-order valence-corrected chi connectivity index (χ0v) is 15.1. The summed E-state index contributed by atoms with van der Waals surface area (Å²) < 4.78 is 0. The van der Waals surface area contributed by atoms with Crippen molar-refractivity contribution in [2.24, 2.45) is 0 Å². The van der Waals surface area contributed by atoms with Crippen LogP contribution in [0, 0.1) is 0 Å². The first kappa shape index (κ1) is 17.5. The van der Waals surface area contributed by atoms with Crippen LogP contribution in [0.15, 0.2) is 24.3 Å². The fourth-order valence-corrected chi connectivity index (χ4v) is 3.57. The van der Waals surface area contributed by atoms with E-state index in [4.69, 9.17) is 0 Å². The van der Waals surface area contributed by atoms with Crippen LogP contribution in [0.4, 0.5) is 5.69 Å². The van der Waals surface area contributed by atoms with Crippen LogP contribution in [0.2, 0.25) is 0 Å². The Morgan fingerprint density at radius 1 is 1.08 bits per heavy atom. The number of aryl methyl sites for hydroxylation is 1. The highest BCUT2D eigenvalue weighted by Crippen LogP contribution is 2.18. The normalized spacial score (nSPS) is 14.9. The van der Waals surface area contributed by atoms with Gasteiger partial charge in [0.2, 0.25) is 5.01 Å². The third-order valence-corrected chi connectivity index (χ3v) is 5.38. The molecule has 6 nitrogen and oxygen atoms in total. The molecule has 0 atom stereocenters. The number of hydrogen-bond donors (Lipinski definition) is 2. The van der Waals surface area contributed by atoms with E-state index in [1.54, 1.807) is 24.3 Å². The molecule has 1 aromatic heterocycles. The molecule has 2 N–H and O–H groups in total. The first-order valence-corrected chi connectivity index (χ1v) is 9.52. The predicted octanol–water partition coefficient (Wildman–Crippen LogP) is 3.42. The quantitative estimate of drug-likeness (QED) is 0.858. The third kappa shape index (κ3) is 4.63. The van der Waals surface area contributed by atoms with Crippen molar-refractivity contribution < 1.29 is 9.59 Å². The standard InChI is InChI=1S/C18H22N4O2S/c1-2-15-21-22-18(25-15)17(24)20-14-10-8-12(9-11-14)16(23)19-13-6-4-3-5-7-13/h8-11,13H,2-7H2,1H3,(H,19,23)(H,20,24). The summed E-state index contributed by atoms with van der Waals surface area (Å²) in [6.45, 7) is 1.97. The Bertz CT molecular complexity index is 736. The highest BCUT2D eigenvalue weighted by Gasteiger charge is 2.17. The van der Waals surface area contributed by atoms with Gasteiger partial charge in [-0.15, -0.1) is 10.2 Å². The zero-order valence-electron chi connectivity index (χ0n) is 14.2. The Morgan fingerprint density at radius 3 is 2.44 bits per heavy atom. The Morgan fingerprint density at radius 2 is 1.80 bits per heavy atom. The van der Waals surface area contributed by atoms with Gasteiger partial charge in [0.1, 0.15) is 5.01 Å². The molecule has 2 amide bonds. The van der Waals surface area contributed by atoms with E-state index >= 15 is 0 Å². The third-order valence-electron chi connectivity index (χ3n) is 4.31. The summed E-state index contributed by atoms with van der Waals surface area (Å²) in [7, 11) is 0. The van der Waals surface area contributed by atoms with Gasteiger partial charge in [-0.05, 0) is 43.5 Å². The average Bonchev–Trinajstić information content (AvgIpc) is 3.12. The van der Waals surface area contributed by atoms with Gasteiger partial charge in [-0.25, -0.2) is 0 Å². The summed E-state index contributed by atoms with van der Waals surface area (Å²) in [4.78, 5) is 24.4. The molecule has 7 heteroatoms. The number of amides is 2. The summed E-state index contributed by atoms with van der Waals surface area (Å²) in [6, 6.07) is 7.20. The fraction of sp³-hybridized carbons (Fsp3) is 0.444. The van der Waals surface area contributed by atoms with Gasteiger partial charge in [-0.3, -0.25) is 9.59 Å². The van der Waals surface area contributed by atoms with Crippen LogP contribution < -0.4 is 10.6 Å². The Balaban J connectivity index is 1.57. The monoisotopic (exact) mass is 358 g/mol. The summed E-state index contributed by atoms with van der Waals surface area (Å²) in [5, 5.41) is 14.9. The van der Waals surface area contributed by atoms with Gasteiger partial charge in [0, 0.05) is 17.3 Å². The van der Waals surface area contributed by atoms with E-state index in [1.807, 2.05) is 6.92 Å². The number of benzene rings is 1. The van der Waals surface area contributed by atoms with Gasteiger partial charge in [0.15, 0.2) is 0 Å². The van der Waals surface area contributed by atoms with Gasteiger partial charge >= 0.3 is 0 Å². The maximum atomic E-state index is 12.3. The van der Waals surface area contributed by atoms with Crippen molar-refractivity contribution >= 4 is 28.8 Å². The van der Waals surface area contributed by atoms with E-state index < -0.39 is 0 Å². The van der Waals surface area contributed by atoms with Crippen LogP contribution in [-0.4, -0.2) is 28.1 Å². The minimum atomic E-state index is -0.281. The van der Waals surface area contributed by atoms with Crippen LogP contribution in [-0.2, 0) is 6.42 Å². The molecule has 1 aliphatic carbocycles. The molecule has 0 bridgehead atoms. The number of nitrogens with one attached hydrogen (secondary N) is 2. The van der Waals surface area contributed by atoms with Crippen molar-refractivity contribution in [3.8, 4) is 0 Å². The Kier molecular flexibility index (Phi) is 5.75. The van der Waals surface area contributed by atoms with Crippen molar-refractivity contribution in [1.29, 1.82) is 0 Å². The van der Waals surface area contributed by atoms with Crippen molar-refractivity contribution in [1.82, 2.24) is 15.5 Å². The molecule has 1 heterocycles. The van der Waals surface area contributed by atoms with Crippen LogP contribution in [0.25, 0.3) is 0 Å². The van der Waals surface area contributed by atoms with Crippen LogP contribution in [0.1, 0.15) is 64.2 Å². The second-order valence-electron chi connectivity index (χ2n) is 6.19. The van der Waals surface area contributed by atoms with E-state index in [9.17, 15) is 9.59 Å². The number of carbonyl (C=O) groups excluding carboxylic acids is 2. The van der Waals surface area contributed by atoms with Crippen molar-refractivity contribution in [3.05, 3.63) is 39.8 Å². The lowest BCUT2D eigenvalue weighted by Crippen LogP contribution is -2.36. The molecule has 132 valence electrons. The number of carbonyl (C=O) groups is 2. The Labute approximate surface area is 151 Å². The van der Waals surface area contributed by atoms with Crippen molar-refractivity contribution in [3.63, 3.8) is 0 Å². The summed E-state index contributed by atoms with van der Waals surface area (Å²) in [5.41, 5.74) is 1.24. The molecule has 1 saturated carbocycles. The molecule has 0 saturated heterocycles. The van der Waals surface area contributed by atoms with Gasteiger partial charge in [0.25, 0.3) is 11.8 Å². The number of hydrogen-bond acceptors (Lipinski definition) is 5. The second-order valence-corrected chi connectivity index (χ2v) is 7.26. The molecule has 0 radical (unpaired) electrons. The molecule has 0 spiro atoms. The number of anilines is 1. The summed E-state index contributed by atoms with van der Waals surface area (Å²) in [6.07, 6.45) is 6.50. The lowest BCUT2D eigenvalue weighted by Gasteiger charge is -2.22. The van der Waals surface area contributed by atoms with E-state index in [-0.39, 0.29) is 17.9 Å². The van der Waals surface area contributed by atoms with Crippen molar-refractivity contribution in [2.75, 3.05) is 5.32 Å². The molecule has 0 unspecified atom stereocenters. The topological polar surface area (TPSA) is 84.0 Å². The highest BCUT2D eigenvalue weighted by molar-refractivity contribution is 7.13. The summed E-state index contributed by atoms with van der Waals surface area (Å²) >= 11 is 1.29. The Hall–Kier alpha value is -2.28. The van der Waals surface area contributed by atoms with E-state index in [0.29, 0.717) is 16.3 Å². The molecule has 1 aromatic carbocycles. The first-order chi connectivity index (χ1) is 12.2. The number of aromatic nitrogens is 2. The average molecular weight is 358 g/mol. The lowest BCUT2D eigenvalue weighted by atomic mass is 9.95. The summed E-state index contributed by atoms with van der Waals surface area (Å²) in [5.74, 6) is -0.335. The van der Waals surface area contributed by atoms with E-state index in [0.717, 1.165) is 24.3 Å². The van der Waals surface area contributed by atoms with Crippen LogP contribution in [0.5, 0.6) is 0 Å². The van der Waals surface area contributed by atoms with Crippen LogP contribution >= 0.6 is 11.3 Å². The predicted molar refractivity (Wildman–Crippen MR) is 98.0 cm³/mol. The van der Waals surface area contributed by atoms with Gasteiger partial charge in [0.05, 0.1) is 0 Å². The molecule has 0 aliphatic heterocycles. The molecule has 1 aliphatic rings. The SMILES string of the molecule is CCc1nnc(C(=O)Nc2ccc(C(=O)NC3CCCCC3)cc2)s1. The minimum absolute atomic E-state index is 0.0542. The van der Waals surface area contributed by atoms with Crippen molar-refractivity contribution in [2.45, 2.75) is 51.5 Å². The lowest BCUT2D eigenvalue weighted by molar-refractivity contribution is 0.0927. The maximum absolute atomic E-state index is 12.3. The highest BCUT2D eigenvalue weighted by atomic mass is 32.1. The molecule has 25 heavy (non-hydrogen) atoms. The number of nitrogens with zero attached hydrogens (tertiary/aromatic N) is 2. The number of rotatable bonds is 5. The molecular formula is C18H22N4O2S. The largest absolute Gasteiger partial charge is 0.349 e. The van der Waals surface area contributed by atoms with Gasteiger partial charge in [-0.1, -0.05) is 37.5 Å².